The number of piperidine rings is 1. The van der Waals surface area contributed by atoms with Gasteiger partial charge < -0.3 is 10.1 Å². The second-order valence-corrected chi connectivity index (χ2v) is 7.23. The number of hydrogen-bond acceptors (Lipinski definition) is 4. The van der Waals surface area contributed by atoms with E-state index in [0.717, 1.165) is 48.9 Å². The van der Waals surface area contributed by atoms with Crippen LogP contribution >= 0.6 is 0 Å². The summed E-state index contributed by atoms with van der Waals surface area (Å²) < 4.78 is 13.0. The zero-order valence-electron chi connectivity index (χ0n) is 15.0. The molecule has 5 nitrogen and oxygen atoms in total. The van der Waals surface area contributed by atoms with Crippen molar-refractivity contribution in [3.05, 3.63) is 59.7 Å². The maximum Gasteiger partial charge on any atom is 0.198 e. The van der Waals surface area contributed by atoms with Gasteiger partial charge >= 0.3 is 0 Å². The van der Waals surface area contributed by atoms with Crippen LogP contribution in [0.4, 0.5) is 4.39 Å². The quantitative estimate of drug-likeness (QED) is 0.677. The number of carbonyl (C=O) groups is 1. The molecule has 1 fully saturated rings. The Hall–Kier alpha value is -2.73. The Morgan fingerprint density at radius 3 is 2.67 bits per heavy atom. The Morgan fingerprint density at radius 2 is 1.93 bits per heavy atom. The number of halogens is 1. The second kappa shape index (κ2) is 7.48. The Bertz CT molecular complexity index is 944. The number of Topliss-reactive ketones (excluding diaryl/α,β-unsaturated/α-hetero) is 1. The van der Waals surface area contributed by atoms with Crippen LogP contribution in [0.25, 0.3) is 10.9 Å². The number of ketones is 1. The summed E-state index contributed by atoms with van der Waals surface area (Å²) >= 11 is 0. The first kappa shape index (κ1) is 17.7. The predicted octanol–water partition coefficient (Wildman–Crippen LogP) is 3.55. The first-order valence-electron chi connectivity index (χ1n) is 9.25. The van der Waals surface area contributed by atoms with Gasteiger partial charge in [-0.05, 0) is 74.7 Å². The van der Waals surface area contributed by atoms with Gasteiger partial charge in [-0.1, -0.05) is 0 Å². The molecule has 1 saturated heterocycles. The average molecular weight is 367 g/mol. The van der Waals surface area contributed by atoms with E-state index in [1.165, 1.54) is 12.1 Å². The van der Waals surface area contributed by atoms with E-state index in [4.69, 9.17) is 0 Å². The van der Waals surface area contributed by atoms with Gasteiger partial charge in [-0.25, -0.2) is 4.39 Å². The third kappa shape index (κ3) is 4.01. The van der Waals surface area contributed by atoms with Crippen molar-refractivity contribution in [3.8, 4) is 5.88 Å². The van der Waals surface area contributed by atoms with Gasteiger partial charge in [-0.15, -0.1) is 0 Å². The minimum Gasteiger partial charge on any atom is -0.494 e. The number of hydrogen-bond donors (Lipinski definition) is 2. The van der Waals surface area contributed by atoms with Crippen LogP contribution in [0.5, 0.6) is 5.88 Å². The first-order valence-corrected chi connectivity index (χ1v) is 9.25. The molecule has 6 heteroatoms. The summed E-state index contributed by atoms with van der Waals surface area (Å²) in [6, 6.07) is 9.62. The van der Waals surface area contributed by atoms with Crippen molar-refractivity contribution >= 4 is 16.7 Å². The third-order valence-corrected chi connectivity index (χ3v) is 5.32. The molecule has 4 rings (SSSR count). The molecule has 3 heterocycles. The zero-order valence-corrected chi connectivity index (χ0v) is 15.0. The first-order chi connectivity index (χ1) is 13.1. The minimum atomic E-state index is -0.325. The zero-order chi connectivity index (χ0) is 18.8. The smallest absolute Gasteiger partial charge is 0.198 e. The summed E-state index contributed by atoms with van der Waals surface area (Å²) in [6.45, 7) is 2.14. The molecule has 2 N–H and O–H groups in total. The number of pyridine rings is 1. The van der Waals surface area contributed by atoms with Crippen LogP contribution in [0.2, 0.25) is 0 Å². The molecule has 1 aliphatic heterocycles. The molecule has 0 aliphatic carbocycles. The molecule has 0 saturated carbocycles. The van der Waals surface area contributed by atoms with Crippen molar-refractivity contribution < 1.29 is 14.3 Å². The fourth-order valence-electron chi connectivity index (χ4n) is 3.73. The summed E-state index contributed by atoms with van der Waals surface area (Å²) in [6.07, 6.45) is 4.67. The highest BCUT2D eigenvalue weighted by atomic mass is 19.1. The van der Waals surface area contributed by atoms with Crippen LogP contribution in [0.15, 0.2) is 42.6 Å². The van der Waals surface area contributed by atoms with E-state index >= 15 is 0 Å². The number of carbonyl (C=O) groups excluding carboxylic acids is 1. The van der Waals surface area contributed by atoms with Gasteiger partial charge in [-0.3, -0.25) is 14.7 Å². The largest absolute Gasteiger partial charge is 0.494 e. The topological polar surface area (TPSA) is 69.2 Å². The SMILES string of the molecule is O=C(CN1CCC(Cc2ccc3c(O)[nH]cc3n2)CC1)c1ccc(F)cc1. The van der Waals surface area contributed by atoms with Gasteiger partial charge in [-0.2, -0.15) is 0 Å². The number of H-pyrrole nitrogens is 1. The monoisotopic (exact) mass is 367 g/mol. The number of benzene rings is 1. The van der Waals surface area contributed by atoms with E-state index in [-0.39, 0.29) is 17.5 Å². The van der Waals surface area contributed by atoms with Crippen LogP contribution in [-0.2, 0) is 6.42 Å². The van der Waals surface area contributed by atoms with Crippen molar-refractivity contribution in [2.75, 3.05) is 19.6 Å². The molecule has 0 amide bonds. The van der Waals surface area contributed by atoms with Gasteiger partial charge in [0.2, 0.25) is 0 Å². The summed E-state index contributed by atoms with van der Waals surface area (Å²) in [5.74, 6) is 0.407. The number of nitrogens with zero attached hydrogens (tertiary/aromatic N) is 2. The second-order valence-electron chi connectivity index (χ2n) is 7.23. The Balaban J connectivity index is 1.30. The van der Waals surface area contributed by atoms with E-state index in [0.29, 0.717) is 18.0 Å². The van der Waals surface area contributed by atoms with Crippen LogP contribution in [0.1, 0.15) is 28.9 Å². The van der Waals surface area contributed by atoms with E-state index in [2.05, 4.69) is 14.9 Å². The minimum absolute atomic E-state index is 0.0350. The number of likely N-dealkylation sites (tertiary alicyclic amines) is 1. The molecule has 0 radical (unpaired) electrons. The lowest BCUT2D eigenvalue weighted by Crippen LogP contribution is -2.37. The van der Waals surface area contributed by atoms with Crippen molar-refractivity contribution in [1.29, 1.82) is 0 Å². The average Bonchev–Trinajstić information content (AvgIpc) is 3.04. The number of fused-ring (bicyclic) bond motifs is 1. The Labute approximate surface area is 156 Å². The number of aromatic nitrogens is 2. The molecule has 1 aromatic carbocycles. The van der Waals surface area contributed by atoms with E-state index in [1.807, 2.05) is 12.1 Å². The lowest BCUT2D eigenvalue weighted by molar-refractivity contribution is 0.0895. The van der Waals surface area contributed by atoms with E-state index in [9.17, 15) is 14.3 Å². The molecule has 0 spiro atoms. The molecular weight excluding hydrogens is 345 g/mol. The lowest BCUT2D eigenvalue weighted by atomic mass is 9.91. The number of nitrogens with one attached hydrogen (secondary N) is 1. The summed E-state index contributed by atoms with van der Waals surface area (Å²) in [7, 11) is 0. The summed E-state index contributed by atoms with van der Waals surface area (Å²) in [5, 5.41) is 10.4. The van der Waals surface area contributed by atoms with Crippen molar-refractivity contribution in [3.63, 3.8) is 0 Å². The molecule has 0 bridgehead atoms. The van der Waals surface area contributed by atoms with Crippen molar-refractivity contribution in [2.24, 2.45) is 5.92 Å². The normalized spacial score (nSPS) is 16.0. The summed E-state index contributed by atoms with van der Waals surface area (Å²) in [5.41, 5.74) is 2.38. The molecule has 3 aromatic rings. The molecule has 0 atom stereocenters. The van der Waals surface area contributed by atoms with Crippen molar-refractivity contribution in [2.45, 2.75) is 19.3 Å². The highest BCUT2D eigenvalue weighted by molar-refractivity contribution is 5.97. The highest BCUT2D eigenvalue weighted by Gasteiger charge is 2.22. The van der Waals surface area contributed by atoms with E-state index in [1.54, 1.807) is 18.3 Å². The maximum atomic E-state index is 13.0. The molecular formula is C21H22FN3O2. The van der Waals surface area contributed by atoms with Crippen LogP contribution in [0, 0.1) is 11.7 Å². The fraction of sp³-hybridized carbons (Fsp3) is 0.333. The van der Waals surface area contributed by atoms with Crippen LogP contribution in [-0.4, -0.2) is 45.4 Å². The highest BCUT2D eigenvalue weighted by Crippen LogP contribution is 2.25. The van der Waals surface area contributed by atoms with Gasteiger partial charge in [0.1, 0.15) is 5.82 Å². The standard InChI is InChI=1S/C21H22FN3O2/c22-16-3-1-15(2-4-16)20(26)13-25-9-7-14(8-10-25)11-17-5-6-18-19(24-17)12-23-21(18)27/h1-6,12,14,23,27H,7-11,13H2. The molecule has 140 valence electrons. The Morgan fingerprint density at radius 1 is 1.19 bits per heavy atom. The molecule has 0 unspecified atom stereocenters. The number of aromatic amines is 1. The van der Waals surface area contributed by atoms with Gasteiger partial charge in [0.05, 0.1) is 17.4 Å². The van der Waals surface area contributed by atoms with Gasteiger partial charge in [0, 0.05) is 17.5 Å². The van der Waals surface area contributed by atoms with E-state index < -0.39 is 0 Å². The third-order valence-electron chi connectivity index (χ3n) is 5.32. The Kier molecular flexibility index (Phi) is 4.90. The fourth-order valence-corrected chi connectivity index (χ4v) is 3.73. The van der Waals surface area contributed by atoms with Crippen molar-refractivity contribution in [1.82, 2.24) is 14.9 Å². The maximum absolute atomic E-state index is 13.0. The molecule has 2 aromatic heterocycles. The van der Waals surface area contributed by atoms with Gasteiger partial charge in [0.25, 0.3) is 0 Å². The molecule has 1 aliphatic rings. The lowest BCUT2D eigenvalue weighted by Gasteiger charge is -2.31. The number of aromatic hydroxyl groups is 1. The van der Waals surface area contributed by atoms with Crippen LogP contribution < -0.4 is 0 Å². The predicted molar refractivity (Wildman–Crippen MR) is 101 cm³/mol. The molecule has 27 heavy (non-hydrogen) atoms. The summed E-state index contributed by atoms with van der Waals surface area (Å²) in [4.78, 5) is 21.9. The van der Waals surface area contributed by atoms with Crippen LogP contribution in [0.3, 0.4) is 0 Å². The number of rotatable bonds is 5. The van der Waals surface area contributed by atoms with Gasteiger partial charge in [0.15, 0.2) is 11.7 Å².